The molecule has 3 aromatic carbocycles. The van der Waals surface area contributed by atoms with Crippen LogP contribution in [0.3, 0.4) is 0 Å². The number of H-pyrrole nitrogens is 1. The molecule has 1 atom stereocenters. The Kier molecular flexibility index (Phi) is 7.65. The number of aromatic amines is 1. The van der Waals surface area contributed by atoms with Crippen molar-refractivity contribution in [1.29, 1.82) is 0 Å². The molecule has 1 unspecified atom stereocenters. The van der Waals surface area contributed by atoms with Crippen molar-refractivity contribution in [2.24, 2.45) is 0 Å². The maximum Gasteiger partial charge on any atom is 0.334 e. The molecule has 10 heteroatoms. The second-order valence-corrected chi connectivity index (χ2v) is 10.5. The highest BCUT2D eigenvalue weighted by molar-refractivity contribution is 5.81. The van der Waals surface area contributed by atoms with Crippen LogP contribution in [0.2, 0.25) is 0 Å². The van der Waals surface area contributed by atoms with Crippen molar-refractivity contribution in [1.82, 2.24) is 34.7 Å². The van der Waals surface area contributed by atoms with Gasteiger partial charge in [-0.1, -0.05) is 85.8 Å². The van der Waals surface area contributed by atoms with E-state index >= 15 is 0 Å². The number of imidazole rings is 1. The Morgan fingerprint density at radius 1 is 0.930 bits per heavy atom. The lowest BCUT2D eigenvalue weighted by atomic mass is 9.98. The van der Waals surface area contributed by atoms with Gasteiger partial charge in [-0.05, 0) is 47.4 Å². The second kappa shape index (κ2) is 11.8. The predicted molar refractivity (Wildman–Crippen MR) is 163 cm³/mol. The van der Waals surface area contributed by atoms with Gasteiger partial charge in [0.1, 0.15) is 11.3 Å². The van der Waals surface area contributed by atoms with Gasteiger partial charge in [0.2, 0.25) is 5.82 Å². The smallest absolute Gasteiger partial charge is 0.334 e. The Balaban J connectivity index is 1.39. The third-order valence-corrected chi connectivity index (χ3v) is 7.31. The van der Waals surface area contributed by atoms with E-state index in [2.05, 4.69) is 20.6 Å². The highest BCUT2D eigenvalue weighted by atomic mass is 16.5. The molecular weight excluding hydrogens is 542 g/mol. The molecule has 0 bridgehead atoms. The molecule has 0 spiro atoms. The van der Waals surface area contributed by atoms with Crippen molar-refractivity contribution in [3.8, 4) is 22.5 Å². The lowest BCUT2D eigenvalue weighted by Gasteiger charge is -2.21. The van der Waals surface area contributed by atoms with Gasteiger partial charge in [0.05, 0.1) is 11.6 Å². The Hall–Kier alpha value is -5.38. The van der Waals surface area contributed by atoms with E-state index < -0.39 is 12.0 Å². The standard InChI is InChI=1S/C33H31N7O3/c1-4-28-34-27-18-19-39(29(33(42)43-21(2)3)24-10-6-5-7-11-24)32(41)30(27)40(28)20-22-14-16-23(17-15-22)25-12-8-9-13-26(25)31-35-37-38-36-31/h5-19,21,29H,4,20H2,1-3H3,(H,35,36,37,38). The van der Waals surface area contributed by atoms with Crippen LogP contribution in [0.15, 0.2) is 95.9 Å². The third-order valence-electron chi connectivity index (χ3n) is 7.31. The Morgan fingerprint density at radius 2 is 1.65 bits per heavy atom. The van der Waals surface area contributed by atoms with E-state index in [1.807, 2.05) is 90.4 Å². The van der Waals surface area contributed by atoms with E-state index in [9.17, 15) is 9.59 Å². The van der Waals surface area contributed by atoms with Crippen LogP contribution in [-0.2, 0) is 22.5 Å². The maximum atomic E-state index is 14.1. The van der Waals surface area contributed by atoms with Crippen molar-refractivity contribution >= 4 is 17.0 Å². The summed E-state index contributed by atoms with van der Waals surface area (Å²) in [6, 6.07) is 26.2. The monoisotopic (exact) mass is 573 g/mol. The molecule has 0 aliphatic heterocycles. The lowest BCUT2D eigenvalue weighted by molar-refractivity contribution is -0.150. The van der Waals surface area contributed by atoms with Crippen LogP contribution in [0.1, 0.15) is 43.8 Å². The number of nitrogens with zero attached hydrogens (tertiary/aromatic N) is 6. The van der Waals surface area contributed by atoms with E-state index in [-0.39, 0.29) is 11.7 Å². The van der Waals surface area contributed by atoms with Gasteiger partial charge in [-0.2, -0.15) is 5.21 Å². The van der Waals surface area contributed by atoms with Crippen molar-refractivity contribution in [3.63, 3.8) is 0 Å². The largest absolute Gasteiger partial charge is 0.461 e. The molecule has 0 saturated carbocycles. The Labute approximate surface area is 248 Å². The van der Waals surface area contributed by atoms with Crippen LogP contribution in [0.25, 0.3) is 33.5 Å². The highest BCUT2D eigenvalue weighted by Crippen LogP contribution is 2.30. The number of hydrogen-bond acceptors (Lipinski definition) is 7. The maximum absolute atomic E-state index is 14.1. The summed E-state index contributed by atoms with van der Waals surface area (Å²) in [7, 11) is 0. The molecule has 0 saturated heterocycles. The van der Waals surface area contributed by atoms with Gasteiger partial charge in [0.15, 0.2) is 6.04 Å². The molecule has 0 aliphatic carbocycles. The number of aryl methyl sites for hydroxylation is 1. The number of fused-ring (bicyclic) bond motifs is 1. The molecular formula is C33H31N7O3. The molecule has 0 amide bonds. The summed E-state index contributed by atoms with van der Waals surface area (Å²) in [5, 5.41) is 14.5. The first kappa shape index (κ1) is 27.8. The SMILES string of the molecule is CCc1nc2ccn(C(C(=O)OC(C)C)c3ccccc3)c(=O)c2n1Cc1ccc(-c2ccccc2-c2nn[nH]n2)cc1. The summed E-state index contributed by atoms with van der Waals surface area (Å²) in [5.41, 5.74) is 5.29. The third kappa shape index (κ3) is 5.46. The summed E-state index contributed by atoms with van der Waals surface area (Å²) in [6.45, 7) is 6.05. The molecule has 43 heavy (non-hydrogen) atoms. The first-order valence-electron chi connectivity index (χ1n) is 14.2. The van der Waals surface area contributed by atoms with Crippen molar-refractivity contribution in [3.05, 3.63) is 118 Å². The van der Waals surface area contributed by atoms with Gasteiger partial charge in [-0.15, -0.1) is 10.2 Å². The molecule has 3 heterocycles. The van der Waals surface area contributed by atoms with E-state index in [4.69, 9.17) is 9.72 Å². The molecule has 3 aromatic heterocycles. The zero-order valence-electron chi connectivity index (χ0n) is 24.1. The van der Waals surface area contributed by atoms with E-state index in [0.29, 0.717) is 35.4 Å². The molecule has 0 fully saturated rings. The van der Waals surface area contributed by atoms with E-state index in [0.717, 1.165) is 28.1 Å². The van der Waals surface area contributed by atoms with E-state index in [1.165, 1.54) is 4.57 Å². The number of rotatable bonds is 9. The molecule has 10 nitrogen and oxygen atoms in total. The van der Waals surface area contributed by atoms with Crippen molar-refractivity contribution in [2.75, 3.05) is 0 Å². The minimum Gasteiger partial charge on any atom is -0.461 e. The van der Waals surface area contributed by atoms with Crippen LogP contribution >= 0.6 is 0 Å². The van der Waals surface area contributed by atoms with Crippen LogP contribution in [0, 0.1) is 0 Å². The van der Waals surface area contributed by atoms with Gasteiger partial charge in [0.25, 0.3) is 5.56 Å². The van der Waals surface area contributed by atoms with Crippen LogP contribution < -0.4 is 5.56 Å². The molecule has 216 valence electrons. The van der Waals surface area contributed by atoms with Gasteiger partial charge in [0, 0.05) is 24.7 Å². The zero-order chi connectivity index (χ0) is 29.9. The fourth-order valence-corrected chi connectivity index (χ4v) is 5.37. The number of esters is 1. The lowest BCUT2D eigenvalue weighted by Crippen LogP contribution is -2.33. The average molecular weight is 574 g/mol. The predicted octanol–water partition coefficient (Wildman–Crippen LogP) is 5.20. The molecule has 6 rings (SSSR count). The molecule has 1 N–H and O–H groups in total. The fraction of sp³-hybridized carbons (Fsp3) is 0.212. The Morgan fingerprint density at radius 3 is 2.33 bits per heavy atom. The summed E-state index contributed by atoms with van der Waals surface area (Å²) in [6.07, 6.45) is 1.95. The van der Waals surface area contributed by atoms with Gasteiger partial charge < -0.3 is 9.30 Å². The Bertz CT molecular complexity index is 1930. The number of carbonyl (C=O) groups is 1. The van der Waals surface area contributed by atoms with E-state index in [1.54, 1.807) is 26.1 Å². The van der Waals surface area contributed by atoms with Crippen molar-refractivity contribution in [2.45, 2.75) is 45.9 Å². The number of pyridine rings is 1. The molecule has 0 aliphatic rings. The van der Waals surface area contributed by atoms with Gasteiger partial charge >= 0.3 is 5.97 Å². The average Bonchev–Trinajstić information content (AvgIpc) is 3.68. The minimum absolute atomic E-state index is 0.301. The van der Waals surface area contributed by atoms with Gasteiger partial charge in [-0.25, -0.2) is 9.78 Å². The summed E-state index contributed by atoms with van der Waals surface area (Å²) in [4.78, 5) is 32.2. The quantitative estimate of drug-likeness (QED) is 0.236. The number of carbonyl (C=O) groups excluding carboxylic acids is 1. The van der Waals surface area contributed by atoms with Gasteiger partial charge in [-0.3, -0.25) is 9.36 Å². The fourth-order valence-electron chi connectivity index (χ4n) is 5.37. The first-order chi connectivity index (χ1) is 20.9. The normalized spacial score (nSPS) is 12.1. The number of aromatic nitrogens is 7. The second-order valence-electron chi connectivity index (χ2n) is 10.5. The van der Waals surface area contributed by atoms with Crippen LogP contribution in [-0.4, -0.2) is 46.8 Å². The number of nitrogens with one attached hydrogen (secondary N) is 1. The first-order valence-corrected chi connectivity index (χ1v) is 14.2. The number of hydrogen-bond donors (Lipinski definition) is 1. The molecule has 6 aromatic rings. The highest BCUT2D eigenvalue weighted by Gasteiger charge is 2.28. The topological polar surface area (TPSA) is 121 Å². The van der Waals surface area contributed by atoms with Crippen LogP contribution in [0.5, 0.6) is 0 Å². The summed E-state index contributed by atoms with van der Waals surface area (Å²) < 4.78 is 8.99. The zero-order valence-corrected chi connectivity index (χ0v) is 24.1. The minimum atomic E-state index is -0.924. The number of tetrazole rings is 1. The summed E-state index contributed by atoms with van der Waals surface area (Å²) in [5.74, 6) is 0.832. The number of ether oxygens (including phenoxy) is 1. The number of benzene rings is 3. The van der Waals surface area contributed by atoms with Crippen LogP contribution in [0.4, 0.5) is 0 Å². The molecule has 0 radical (unpaired) electrons. The summed E-state index contributed by atoms with van der Waals surface area (Å²) >= 11 is 0. The van der Waals surface area contributed by atoms with Crippen molar-refractivity contribution < 1.29 is 9.53 Å².